The lowest BCUT2D eigenvalue weighted by Crippen LogP contribution is -2.54. The average Bonchev–Trinajstić information content (AvgIpc) is 3.13. The van der Waals surface area contributed by atoms with Gasteiger partial charge in [-0.3, -0.25) is 9.69 Å². The summed E-state index contributed by atoms with van der Waals surface area (Å²) in [6, 6.07) is 20.8. The zero-order valence-corrected chi connectivity index (χ0v) is 20.7. The molecule has 1 aromatic heterocycles. The number of nitrogens with two attached hydrogens (primary N) is 1. The number of carbonyl (C=O) groups excluding carboxylic acids is 1. The molecule has 0 radical (unpaired) electrons. The van der Waals surface area contributed by atoms with Crippen molar-refractivity contribution in [3.63, 3.8) is 0 Å². The summed E-state index contributed by atoms with van der Waals surface area (Å²) in [7, 11) is 2.13. The van der Waals surface area contributed by atoms with E-state index in [4.69, 9.17) is 15.6 Å². The number of likely N-dealkylation sites (N-methyl/N-ethyl adjacent to an activating group) is 1. The summed E-state index contributed by atoms with van der Waals surface area (Å²) in [5.74, 6) is -2.33. The van der Waals surface area contributed by atoms with Gasteiger partial charge in [-0.15, -0.1) is 0 Å². The minimum Gasteiger partial charge on any atom is -0.475 e. The molecule has 0 aliphatic carbocycles. The number of nitrogen functional groups attached to an aromatic ring is 1. The quantitative estimate of drug-likeness (QED) is 0.537. The van der Waals surface area contributed by atoms with Gasteiger partial charge in [0.25, 0.3) is 5.91 Å². The summed E-state index contributed by atoms with van der Waals surface area (Å²) in [6.07, 6.45) is -4.16. The van der Waals surface area contributed by atoms with Crippen LogP contribution >= 0.6 is 0 Å². The lowest BCUT2D eigenvalue weighted by molar-refractivity contribution is -0.192. The van der Waals surface area contributed by atoms with Crippen molar-refractivity contribution in [3.05, 3.63) is 83.0 Å². The molecule has 2 heterocycles. The highest BCUT2D eigenvalue weighted by atomic mass is 19.4. The minimum absolute atomic E-state index is 0.0181. The number of carboxylic acid groups (broad SMARTS) is 1. The maximum atomic E-state index is 13.4. The Morgan fingerprint density at radius 1 is 1.03 bits per heavy atom. The molecule has 1 amide bonds. The standard InChI is InChI=1S/C24H29N5O.C2HF3O2/c1-18-22(23(25)29(26-18)16-20-11-7-4-8-12-20)24(30)28-14-13-27(2)21(17-28)15-19-9-5-3-6-10-19;3-2(4,5)1(6)7/h3-12,21H,13-17,25H2,1-2H3;(H,6,7). The topological polar surface area (TPSA) is 105 Å². The fraction of sp³-hybridized carbons (Fsp3) is 0.346. The molecule has 0 bridgehead atoms. The van der Waals surface area contributed by atoms with Crippen LogP contribution in [0.25, 0.3) is 0 Å². The first kappa shape index (κ1) is 27.7. The second-order valence-corrected chi connectivity index (χ2v) is 8.87. The summed E-state index contributed by atoms with van der Waals surface area (Å²) in [4.78, 5) is 26.6. The van der Waals surface area contributed by atoms with E-state index in [0.717, 1.165) is 18.5 Å². The van der Waals surface area contributed by atoms with Gasteiger partial charge in [0.2, 0.25) is 0 Å². The molecule has 4 rings (SSSR count). The van der Waals surface area contributed by atoms with Crippen LogP contribution in [-0.2, 0) is 17.8 Å². The average molecular weight is 518 g/mol. The molecule has 1 unspecified atom stereocenters. The van der Waals surface area contributed by atoms with Gasteiger partial charge in [-0.2, -0.15) is 18.3 Å². The molecule has 1 aliphatic heterocycles. The predicted octanol–water partition coefficient (Wildman–Crippen LogP) is 3.45. The number of nitrogens with zero attached hydrogens (tertiary/aromatic N) is 4. The van der Waals surface area contributed by atoms with Crippen LogP contribution in [0.4, 0.5) is 19.0 Å². The predicted molar refractivity (Wildman–Crippen MR) is 133 cm³/mol. The molecule has 37 heavy (non-hydrogen) atoms. The third kappa shape index (κ3) is 7.32. The molecule has 3 aromatic rings. The van der Waals surface area contributed by atoms with Crippen LogP contribution in [0.1, 0.15) is 27.2 Å². The number of benzene rings is 2. The van der Waals surface area contributed by atoms with Crippen molar-refractivity contribution in [1.29, 1.82) is 0 Å². The molecule has 2 aromatic carbocycles. The van der Waals surface area contributed by atoms with Gasteiger partial charge >= 0.3 is 12.1 Å². The highest BCUT2D eigenvalue weighted by Crippen LogP contribution is 2.22. The largest absolute Gasteiger partial charge is 0.490 e. The van der Waals surface area contributed by atoms with Crippen LogP contribution in [0.3, 0.4) is 0 Å². The smallest absolute Gasteiger partial charge is 0.475 e. The first-order valence-electron chi connectivity index (χ1n) is 11.7. The van der Waals surface area contributed by atoms with E-state index in [-0.39, 0.29) is 11.9 Å². The Bertz CT molecular complexity index is 1200. The second-order valence-electron chi connectivity index (χ2n) is 8.87. The fourth-order valence-corrected chi connectivity index (χ4v) is 4.14. The number of rotatable bonds is 5. The first-order chi connectivity index (χ1) is 17.5. The lowest BCUT2D eigenvalue weighted by Gasteiger charge is -2.39. The number of hydrogen-bond acceptors (Lipinski definition) is 5. The maximum absolute atomic E-state index is 13.4. The summed E-state index contributed by atoms with van der Waals surface area (Å²) in [5, 5.41) is 11.7. The van der Waals surface area contributed by atoms with Gasteiger partial charge < -0.3 is 15.7 Å². The van der Waals surface area contributed by atoms with Gasteiger partial charge in [0.05, 0.1) is 12.2 Å². The van der Waals surface area contributed by atoms with Gasteiger partial charge in [0.15, 0.2) is 0 Å². The van der Waals surface area contributed by atoms with E-state index in [1.54, 1.807) is 4.68 Å². The first-order valence-corrected chi connectivity index (χ1v) is 11.7. The van der Waals surface area contributed by atoms with Crippen LogP contribution in [0.15, 0.2) is 60.7 Å². The van der Waals surface area contributed by atoms with Crippen molar-refractivity contribution in [2.75, 3.05) is 32.4 Å². The molecule has 1 aliphatic rings. The van der Waals surface area contributed by atoms with E-state index < -0.39 is 12.1 Å². The van der Waals surface area contributed by atoms with Crippen molar-refractivity contribution >= 4 is 17.7 Å². The lowest BCUT2D eigenvalue weighted by atomic mass is 10.0. The monoisotopic (exact) mass is 517 g/mol. The molecule has 11 heteroatoms. The Morgan fingerprint density at radius 3 is 2.11 bits per heavy atom. The van der Waals surface area contributed by atoms with Gasteiger partial charge in [-0.05, 0) is 31.5 Å². The zero-order chi connectivity index (χ0) is 27.2. The van der Waals surface area contributed by atoms with Crippen LogP contribution in [0.2, 0.25) is 0 Å². The van der Waals surface area contributed by atoms with E-state index in [9.17, 15) is 18.0 Å². The van der Waals surface area contributed by atoms with Crippen LogP contribution in [0.5, 0.6) is 0 Å². The van der Waals surface area contributed by atoms with Gasteiger partial charge in [0.1, 0.15) is 11.4 Å². The molecule has 1 fully saturated rings. The van der Waals surface area contributed by atoms with Crippen molar-refractivity contribution < 1.29 is 27.9 Å². The maximum Gasteiger partial charge on any atom is 0.490 e. The van der Waals surface area contributed by atoms with Crippen molar-refractivity contribution in [2.24, 2.45) is 0 Å². The number of carbonyl (C=O) groups is 2. The number of hydrogen-bond donors (Lipinski definition) is 2. The molecule has 1 saturated heterocycles. The Hall–Kier alpha value is -3.86. The number of alkyl halides is 3. The van der Waals surface area contributed by atoms with E-state index in [1.165, 1.54) is 5.56 Å². The Kier molecular flexibility index (Phi) is 8.93. The van der Waals surface area contributed by atoms with Crippen LogP contribution in [0, 0.1) is 6.92 Å². The molecular weight excluding hydrogens is 487 g/mol. The zero-order valence-electron chi connectivity index (χ0n) is 20.7. The third-order valence-electron chi connectivity index (χ3n) is 6.18. The number of aliphatic carboxylic acids is 1. The fourth-order valence-electron chi connectivity index (χ4n) is 4.14. The normalized spacial score (nSPS) is 16.1. The number of carboxylic acids is 1. The molecule has 0 spiro atoms. The van der Waals surface area contributed by atoms with Gasteiger partial charge in [-0.25, -0.2) is 9.48 Å². The molecule has 1 atom stereocenters. The third-order valence-corrected chi connectivity index (χ3v) is 6.18. The number of piperazine rings is 1. The summed E-state index contributed by atoms with van der Waals surface area (Å²) >= 11 is 0. The van der Waals surface area contributed by atoms with Gasteiger partial charge in [-0.1, -0.05) is 60.7 Å². The molecule has 3 N–H and O–H groups in total. The number of anilines is 1. The number of aryl methyl sites for hydroxylation is 1. The number of halogens is 3. The molecular formula is C26H30F3N5O3. The van der Waals surface area contributed by atoms with E-state index in [1.807, 2.05) is 48.2 Å². The van der Waals surface area contributed by atoms with Crippen LogP contribution < -0.4 is 5.73 Å². The van der Waals surface area contributed by atoms with Gasteiger partial charge in [0, 0.05) is 25.7 Å². The molecule has 0 saturated carbocycles. The van der Waals surface area contributed by atoms with E-state index in [2.05, 4.69) is 41.3 Å². The highest BCUT2D eigenvalue weighted by molar-refractivity contribution is 5.99. The Balaban J connectivity index is 0.000000479. The van der Waals surface area contributed by atoms with E-state index >= 15 is 0 Å². The Labute approximate surface area is 213 Å². The molecule has 198 valence electrons. The molecule has 8 nitrogen and oxygen atoms in total. The number of aromatic nitrogens is 2. The van der Waals surface area contributed by atoms with Crippen LogP contribution in [-0.4, -0.2) is 75.5 Å². The van der Waals surface area contributed by atoms with Crippen molar-refractivity contribution in [2.45, 2.75) is 32.1 Å². The Morgan fingerprint density at radius 2 is 1.57 bits per heavy atom. The second kappa shape index (κ2) is 11.9. The highest BCUT2D eigenvalue weighted by Gasteiger charge is 2.38. The number of amides is 1. The SMILES string of the molecule is Cc1nn(Cc2ccccc2)c(N)c1C(=O)N1CCN(C)C(Cc2ccccc2)C1.O=C(O)C(F)(F)F. The van der Waals surface area contributed by atoms with Crippen molar-refractivity contribution in [3.8, 4) is 0 Å². The summed E-state index contributed by atoms with van der Waals surface area (Å²) < 4.78 is 33.5. The van der Waals surface area contributed by atoms with E-state index in [0.29, 0.717) is 36.7 Å². The van der Waals surface area contributed by atoms with Crippen molar-refractivity contribution in [1.82, 2.24) is 19.6 Å². The summed E-state index contributed by atoms with van der Waals surface area (Å²) in [6.45, 7) is 4.65. The minimum atomic E-state index is -5.08. The summed E-state index contributed by atoms with van der Waals surface area (Å²) in [5.41, 5.74) is 10.0.